The second-order valence-electron chi connectivity index (χ2n) is 9.95. The molecule has 194 valence electrons. The monoisotopic (exact) mass is 524 g/mol. The number of nitrogens with one attached hydrogen (secondary N) is 1. The van der Waals surface area contributed by atoms with Crippen molar-refractivity contribution in [2.45, 2.75) is 50.2 Å². The molecule has 0 radical (unpaired) electrons. The van der Waals surface area contributed by atoms with Gasteiger partial charge in [-0.05, 0) is 97.4 Å². The highest BCUT2D eigenvalue weighted by atomic mass is 32.1. The normalized spacial score (nSPS) is 19.8. The van der Waals surface area contributed by atoms with Crippen LogP contribution in [0.3, 0.4) is 0 Å². The van der Waals surface area contributed by atoms with Gasteiger partial charge in [-0.2, -0.15) is 0 Å². The standard InChI is InChI=1S/C31H32N4O2S/c1-36-25-14-16-27(17-15-25)37-26-12-10-24(11-13-26)35-30(29(33-31(35)38)28-9-5-6-19-32-28)22-18-20-34(21-22)23-7-3-2-4-8-23/h5-6,9-21,23,29-30H,2-4,7-8H2,1H3,(H,33,38)/t29-,30-/m1/s1. The number of benzene rings is 2. The molecule has 1 saturated heterocycles. The van der Waals surface area contributed by atoms with Crippen molar-refractivity contribution in [1.82, 2.24) is 14.9 Å². The molecule has 6 nitrogen and oxygen atoms in total. The molecule has 3 heterocycles. The van der Waals surface area contributed by atoms with Gasteiger partial charge < -0.3 is 24.3 Å². The summed E-state index contributed by atoms with van der Waals surface area (Å²) in [5, 5.41) is 4.26. The van der Waals surface area contributed by atoms with Crippen molar-refractivity contribution in [3.63, 3.8) is 0 Å². The summed E-state index contributed by atoms with van der Waals surface area (Å²) in [6.07, 6.45) is 12.9. The van der Waals surface area contributed by atoms with Gasteiger partial charge in [0.25, 0.3) is 0 Å². The van der Waals surface area contributed by atoms with E-state index in [1.165, 1.54) is 37.7 Å². The molecule has 2 aliphatic rings. The quantitative estimate of drug-likeness (QED) is 0.255. The predicted octanol–water partition coefficient (Wildman–Crippen LogP) is 7.37. The number of rotatable bonds is 7. The Morgan fingerprint density at radius 2 is 1.58 bits per heavy atom. The molecule has 4 aromatic rings. The maximum absolute atomic E-state index is 6.06. The number of ether oxygens (including phenoxy) is 2. The van der Waals surface area contributed by atoms with Gasteiger partial charge in [0.2, 0.25) is 0 Å². The smallest absolute Gasteiger partial charge is 0.174 e. The molecule has 2 atom stereocenters. The zero-order valence-corrected chi connectivity index (χ0v) is 22.3. The fourth-order valence-electron chi connectivity index (χ4n) is 5.64. The fraction of sp³-hybridized carbons (Fsp3) is 0.290. The van der Waals surface area contributed by atoms with E-state index >= 15 is 0 Å². The van der Waals surface area contributed by atoms with E-state index in [1.807, 2.05) is 54.7 Å². The SMILES string of the molecule is COc1ccc(Oc2ccc(N3C(=S)N[C@H](c4ccccn4)[C@H]3c3ccn(C4CCCCC4)c3)cc2)cc1. The van der Waals surface area contributed by atoms with Crippen LogP contribution < -0.4 is 19.7 Å². The van der Waals surface area contributed by atoms with Crippen molar-refractivity contribution in [3.05, 3.63) is 103 Å². The fourth-order valence-corrected chi connectivity index (χ4v) is 5.98. The van der Waals surface area contributed by atoms with E-state index in [0.717, 1.165) is 28.6 Å². The third kappa shape index (κ3) is 4.98. The Labute approximate surface area is 229 Å². The van der Waals surface area contributed by atoms with Crippen molar-refractivity contribution >= 4 is 23.0 Å². The lowest BCUT2D eigenvalue weighted by Gasteiger charge is -2.28. The van der Waals surface area contributed by atoms with Crippen LogP contribution in [0, 0.1) is 0 Å². The Balaban J connectivity index is 1.30. The molecular formula is C31H32N4O2S. The van der Waals surface area contributed by atoms with E-state index < -0.39 is 0 Å². The molecule has 2 aromatic carbocycles. The summed E-state index contributed by atoms with van der Waals surface area (Å²) in [6.45, 7) is 0. The molecule has 2 aromatic heterocycles. The van der Waals surface area contributed by atoms with Crippen molar-refractivity contribution < 1.29 is 9.47 Å². The maximum Gasteiger partial charge on any atom is 0.174 e. The third-order valence-corrected chi connectivity index (χ3v) is 7.90. The summed E-state index contributed by atoms with van der Waals surface area (Å²) in [4.78, 5) is 6.90. The molecule has 0 amide bonds. The van der Waals surface area contributed by atoms with Gasteiger partial charge >= 0.3 is 0 Å². The molecule has 6 rings (SSSR count). The van der Waals surface area contributed by atoms with Gasteiger partial charge in [0, 0.05) is 30.3 Å². The largest absolute Gasteiger partial charge is 0.497 e. The van der Waals surface area contributed by atoms with Crippen LogP contribution in [0.15, 0.2) is 91.4 Å². The van der Waals surface area contributed by atoms with Crippen LogP contribution in [0.4, 0.5) is 5.69 Å². The molecule has 1 saturated carbocycles. The highest BCUT2D eigenvalue weighted by Gasteiger charge is 2.41. The minimum Gasteiger partial charge on any atom is -0.497 e. The highest BCUT2D eigenvalue weighted by molar-refractivity contribution is 7.80. The maximum atomic E-state index is 6.06. The van der Waals surface area contributed by atoms with Crippen LogP contribution in [0.25, 0.3) is 0 Å². The Kier molecular flexibility index (Phi) is 7.01. The Morgan fingerprint density at radius 1 is 0.868 bits per heavy atom. The molecule has 0 spiro atoms. The first-order valence-corrected chi connectivity index (χ1v) is 13.7. The first-order chi connectivity index (χ1) is 18.7. The summed E-state index contributed by atoms with van der Waals surface area (Å²) in [7, 11) is 1.66. The van der Waals surface area contributed by atoms with Crippen LogP contribution >= 0.6 is 12.2 Å². The van der Waals surface area contributed by atoms with E-state index in [2.05, 4.69) is 56.4 Å². The van der Waals surface area contributed by atoms with Crippen LogP contribution in [0.1, 0.15) is 61.5 Å². The number of hydrogen-bond donors (Lipinski definition) is 1. The summed E-state index contributed by atoms with van der Waals surface area (Å²) in [6, 6.07) is 24.5. The number of anilines is 1. The summed E-state index contributed by atoms with van der Waals surface area (Å²) in [5.41, 5.74) is 3.22. The average Bonchev–Trinajstić information content (AvgIpc) is 3.60. The van der Waals surface area contributed by atoms with Crippen molar-refractivity contribution in [3.8, 4) is 17.2 Å². The summed E-state index contributed by atoms with van der Waals surface area (Å²) >= 11 is 5.91. The van der Waals surface area contributed by atoms with Gasteiger partial charge in [-0.25, -0.2) is 0 Å². The van der Waals surface area contributed by atoms with Crippen LogP contribution in [0.2, 0.25) is 0 Å². The van der Waals surface area contributed by atoms with Crippen LogP contribution in [-0.4, -0.2) is 21.8 Å². The predicted molar refractivity (Wildman–Crippen MR) is 154 cm³/mol. The van der Waals surface area contributed by atoms with Crippen molar-refractivity contribution in [2.24, 2.45) is 0 Å². The number of methoxy groups -OCH3 is 1. The lowest BCUT2D eigenvalue weighted by Crippen LogP contribution is -2.29. The zero-order valence-electron chi connectivity index (χ0n) is 21.5. The van der Waals surface area contributed by atoms with Gasteiger partial charge in [-0.1, -0.05) is 25.3 Å². The van der Waals surface area contributed by atoms with Crippen molar-refractivity contribution in [2.75, 3.05) is 12.0 Å². The second kappa shape index (κ2) is 10.9. The first-order valence-electron chi connectivity index (χ1n) is 13.3. The number of hydrogen-bond acceptors (Lipinski definition) is 4. The molecule has 0 bridgehead atoms. The van der Waals surface area contributed by atoms with E-state index in [-0.39, 0.29) is 12.1 Å². The van der Waals surface area contributed by atoms with Crippen molar-refractivity contribution in [1.29, 1.82) is 0 Å². The zero-order chi connectivity index (χ0) is 25.9. The van der Waals surface area contributed by atoms with E-state index in [9.17, 15) is 0 Å². The van der Waals surface area contributed by atoms with Crippen LogP contribution in [0.5, 0.6) is 17.2 Å². The molecular weight excluding hydrogens is 492 g/mol. The van der Waals surface area contributed by atoms with E-state index in [0.29, 0.717) is 11.2 Å². The van der Waals surface area contributed by atoms with Gasteiger partial charge in [0.1, 0.15) is 17.2 Å². The molecule has 1 N–H and O–H groups in total. The average molecular weight is 525 g/mol. The van der Waals surface area contributed by atoms with Gasteiger partial charge in [0.15, 0.2) is 5.11 Å². The summed E-state index contributed by atoms with van der Waals surface area (Å²) in [5.74, 6) is 2.32. The Hall–Kier alpha value is -3.84. The van der Waals surface area contributed by atoms with Crippen LogP contribution in [-0.2, 0) is 0 Å². The van der Waals surface area contributed by atoms with Gasteiger partial charge in [0.05, 0.1) is 24.9 Å². The first kappa shape index (κ1) is 24.5. The lowest BCUT2D eigenvalue weighted by molar-refractivity contribution is 0.353. The minimum atomic E-state index is -0.0545. The van der Waals surface area contributed by atoms with E-state index in [4.69, 9.17) is 21.7 Å². The number of thiocarbonyl (C=S) groups is 1. The minimum absolute atomic E-state index is 0.0180. The molecule has 2 fully saturated rings. The number of nitrogens with zero attached hydrogens (tertiary/aromatic N) is 3. The molecule has 1 aliphatic heterocycles. The molecule has 0 unspecified atom stereocenters. The Morgan fingerprint density at radius 3 is 2.26 bits per heavy atom. The van der Waals surface area contributed by atoms with E-state index in [1.54, 1.807) is 7.11 Å². The van der Waals surface area contributed by atoms with Gasteiger partial charge in [-0.15, -0.1) is 0 Å². The van der Waals surface area contributed by atoms with Gasteiger partial charge in [-0.3, -0.25) is 4.98 Å². The Bertz CT molecular complexity index is 1370. The lowest BCUT2D eigenvalue weighted by atomic mass is 9.95. The molecule has 7 heteroatoms. The topological polar surface area (TPSA) is 51.6 Å². The second-order valence-corrected chi connectivity index (χ2v) is 10.3. The highest BCUT2D eigenvalue weighted by Crippen LogP contribution is 2.42. The number of aromatic nitrogens is 2. The molecule has 1 aliphatic carbocycles. The summed E-state index contributed by atoms with van der Waals surface area (Å²) < 4.78 is 13.7. The number of pyridine rings is 1. The molecule has 38 heavy (non-hydrogen) atoms. The third-order valence-electron chi connectivity index (χ3n) is 7.58.